The van der Waals surface area contributed by atoms with E-state index in [2.05, 4.69) is 0 Å². The van der Waals surface area contributed by atoms with Crippen LogP contribution in [0.2, 0.25) is 0 Å². The molecule has 0 unspecified atom stereocenters. The Bertz CT molecular complexity index is 321. The molecule has 0 aliphatic rings. The number of aryl methyl sites for hydroxylation is 1. The van der Waals surface area contributed by atoms with Crippen LogP contribution in [0.25, 0.3) is 0 Å². The Morgan fingerprint density at radius 1 is 1.29 bits per heavy atom. The summed E-state index contributed by atoms with van der Waals surface area (Å²) in [4.78, 5) is 10.7. The zero-order valence-corrected chi connectivity index (χ0v) is 11.0. The summed E-state index contributed by atoms with van der Waals surface area (Å²) in [6.07, 6.45) is 1.61. The molecule has 70 valence electrons. The summed E-state index contributed by atoms with van der Waals surface area (Å²) in [6.45, 7) is 3.98. The maximum absolute atomic E-state index is 10.7. The molecule has 0 atom stereocenters. The van der Waals surface area contributed by atoms with Gasteiger partial charge in [-0.2, -0.15) is 0 Å². The van der Waals surface area contributed by atoms with Gasteiger partial charge >= 0.3 is 29.6 Å². The fourth-order valence-corrected chi connectivity index (χ4v) is 1.57. The van der Waals surface area contributed by atoms with Crippen LogP contribution in [0.3, 0.4) is 0 Å². The summed E-state index contributed by atoms with van der Waals surface area (Å²) in [5.74, 6) is -1.08. The topological polar surface area (TPSA) is 40.1 Å². The first-order valence-corrected chi connectivity index (χ1v) is 4.52. The van der Waals surface area contributed by atoms with Crippen molar-refractivity contribution in [3.8, 4) is 0 Å². The Hall–Kier alpha value is -0.310. The van der Waals surface area contributed by atoms with Crippen molar-refractivity contribution in [2.75, 3.05) is 0 Å². The number of carbonyl (C=O) groups excluding carboxylic acids is 1. The van der Waals surface area contributed by atoms with E-state index in [1.54, 1.807) is 12.1 Å². The van der Waals surface area contributed by atoms with Gasteiger partial charge in [0.15, 0.2) is 0 Å². The molecule has 0 aliphatic carbocycles. The third-order valence-electron chi connectivity index (χ3n) is 2.23. The molecule has 14 heavy (non-hydrogen) atoms. The molecule has 0 N–H and O–H groups in total. The van der Waals surface area contributed by atoms with Gasteiger partial charge in [-0.1, -0.05) is 32.0 Å². The maximum Gasteiger partial charge on any atom is 1.00 e. The van der Waals surface area contributed by atoms with Crippen molar-refractivity contribution in [1.82, 2.24) is 0 Å². The first-order valence-electron chi connectivity index (χ1n) is 4.52. The average Bonchev–Trinajstić information content (AvgIpc) is 2.16. The monoisotopic (exact) mass is 200 g/mol. The summed E-state index contributed by atoms with van der Waals surface area (Å²) in [5.41, 5.74) is 2.34. The van der Waals surface area contributed by atoms with E-state index < -0.39 is 5.97 Å². The number of hydrogen-bond donors (Lipinski definition) is 0. The fourth-order valence-electron chi connectivity index (χ4n) is 1.57. The molecule has 0 saturated carbocycles. The van der Waals surface area contributed by atoms with Gasteiger partial charge in [0, 0.05) is 5.56 Å². The van der Waals surface area contributed by atoms with E-state index >= 15 is 0 Å². The first kappa shape index (κ1) is 13.7. The summed E-state index contributed by atoms with van der Waals surface area (Å²) < 4.78 is 0. The third kappa shape index (κ3) is 2.84. The molecule has 1 aromatic rings. The van der Waals surface area contributed by atoms with E-state index in [1.165, 1.54) is 0 Å². The molecular weight excluding hydrogens is 187 g/mol. The van der Waals surface area contributed by atoms with Crippen molar-refractivity contribution < 1.29 is 39.5 Å². The maximum atomic E-state index is 10.7. The van der Waals surface area contributed by atoms with Gasteiger partial charge in [-0.05, 0) is 24.0 Å². The number of hydrogen-bond acceptors (Lipinski definition) is 2. The van der Waals surface area contributed by atoms with Crippen molar-refractivity contribution in [3.63, 3.8) is 0 Å². The molecule has 0 heterocycles. The molecule has 0 aromatic heterocycles. The molecule has 0 aliphatic heterocycles. The van der Waals surface area contributed by atoms with E-state index in [-0.39, 0.29) is 29.6 Å². The van der Waals surface area contributed by atoms with E-state index in [1.807, 2.05) is 19.9 Å². The molecule has 2 nitrogen and oxygen atoms in total. The number of carbonyl (C=O) groups is 1. The molecule has 1 rings (SSSR count). The van der Waals surface area contributed by atoms with Crippen molar-refractivity contribution in [2.24, 2.45) is 0 Å². The molecule has 3 heteroatoms. The van der Waals surface area contributed by atoms with Crippen LogP contribution in [0.1, 0.15) is 35.3 Å². The SMILES string of the molecule is CCc1cccc(C(=O)[O-])c1CC.[Na+]. The van der Waals surface area contributed by atoms with Crippen LogP contribution in [-0.4, -0.2) is 5.97 Å². The van der Waals surface area contributed by atoms with Crippen LogP contribution in [-0.2, 0) is 12.8 Å². The Balaban J connectivity index is 0.00000169. The van der Waals surface area contributed by atoms with E-state index in [0.717, 1.165) is 24.0 Å². The van der Waals surface area contributed by atoms with Gasteiger partial charge in [0.05, 0.1) is 5.97 Å². The molecule has 0 saturated heterocycles. The Kier molecular flexibility index (Phi) is 6.09. The van der Waals surface area contributed by atoms with Crippen LogP contribution < -0.4 is 34.7 Å². The normalized spacial score (nSPS) is 9.29. The number of rotatable bonds is 3. The summed E-state index contributed by atoms with van der Waals surface area (Å²) in [6, 6.07) is 5.34. The number of carboxylic acids is 1. The van der Waals surface area contributed by atoms with Gasteiger partial charge in [0.25, 0.3) is 0 Å². The zero-order valence-electron chi connectivity index (χ0n) is 8.96. The van der Waals surface area contributed by atoms with Crippen molar-refractivity contribution >= 4 is 5.97 Å². The minimum atomic E-state index is -1.08. The van der Waals surface area contributed by atoms with Crippen LogP contribution in [0, 0.1) is 0 Å². The third-order valence-corrected chi connectivity index (χ3v) is 2.23. The molecule has 0 bridgehead atoms. The van der Waals surface area contributed by atoms with Gasteiger partial charge < -0.3 is 9.90 Å². The molecule has 0 radical (unpaired) electrons. The van der Waals surface area contributed by atoms with Gasteiger partial charge in [0.1, 0.15) is 0 Å². The quantitative estimate of drug-likeness (QED) is 0.539. The number of carboxylic acid groups (broad SMARTS) is 1. The van der Waals surface area contributed by atoms with E-state index in [0.29, 0.717) is 5.56 Å². The van der Waals surface area contributed by atoms with Gasteiger partial charge in [-0.3, -0.25) is 0 Å². The summed E-state index contributed by atoms with van der Waals surface area (Å²) in [5, 5.41) is 10.7. The van der Waals surface area contributed by atoms with Crippen LogP contribution in [0.5, 0.6) is 0 Å². The number of aromatic carboxylic acids is 1. The Morgan fingerprint density at radius 3 is 2.36 bits per heavy atom. The van der Waals surface area contributed by atoms with Crippen molar-refractivity contribution in [2.45, 2.75) is 26.7 Å². The molecule has 0 fully saturated rings. The van der Waals surface area contributed by atoms with Gasteiger partial charge in [-0.15, -0.1) is 0 Å². The second kappa shape index (κ2) is 6.23. The van der Waals surface area contributed by atoms with Crippen molar-refractivity contribution in [3.05, 3.63) is 34.9 Å². The van der Waals surface area contributed by atoms with Crippen LogP contribution in [0.15, 0.2) is 18.2 Å². The minimum Gasteiger partial charge on any atom is -0.545 e. The van der Waals surface area contributed by atoms with Crippen molar-refractivity contribution in [1.29, 1.82) is 0 Å². The summed E-state index contributed by atoms with van der Waals surface area (Å²) >= 11 is 0. The van der Waals surface area contributed by atoms with Gasteiger partial charge in [-0.25, -0.2) is 0 Å². The zero-order chi connectivity index (χ0) is 9.84. The molecular formula is C11H13NaO2. The van der Waals surface area contributed by atoms with Crippen LogP contribution in [0.4, 0.5) is 0 Å². The standard InChI is InChI=1S/C11H14O2.Na/c1-3-8-6-5-7-10(11(12)13)9(8)4-2;/h5-7H,3-4H2,1-2H3,(H,12,13);/q;+1/p-1. The summed E-state index contributed by atoms with van der Waals surface area (Å²) in [7, 11) is 0. The second-order valence-corrected chi connectivity index (χ2v) is 2.94. The van der Waals surface area contributed by atoms with E-state index in [4.69, 9.17) is 0 Å². The van der Waals surface area contributed by atoms with E-state index in [9.17, 15) is 9.90 Å². The fraction of sp³-hybridized carbons (Fsp3) is 0.364. The average molecular weight is 200 g/mol. The molecule has 0 spiro atoms. The van der Waals surface area contributed by atoms with Crippen LogP contribution >= 0.6 is 0 Å². The first-order chi connectivity index (χ1) is 6.20. The molecule has 0 amide bonds. The Morgan fingerprint density at radius 2 is 1.93 bits per heavy atom. The van der Waals surface area contributed by atoms with Gasteiger partial charge in [0.2, 0.25) is 0 Å². The minimum absolute atomic E-state index is 0. The number of benzene rings is 1. The second-order valence-electron chi connectivity index (χ2n) is 2.94. The predicted molar refractivity (Wildman–Crippen MR) is 49.5 cm³/mol. The predicted octanol–water partition coefficient (Wildman–Crippen LogP) is -1.82. The largest absolute Gasteiger partial charge is 1.00 e. The Labute approximate surface area is 107 Å². The smallest absolute Gasteiger partial charge is 0.545 e. The molecule has 1 aromatic carbocycles.